The number of hydrogen-bond acceptors (Lipinski definition) is 6. The van der Waals surface area contributed by atoms with Gasteiger partial charge in [0.15, 0.2) is 0 Å². The number of methoxy groups -OCH3 is 1. The van der Waals surface area contributed by atoms with E-state index < -0.39 is 17.7 Å². The first kappa shape index (κ1) is 27.8. The van der Waals surface area contributed by atoms with E-state index in [1.807, 2.05) is 26.8 Å². The summed E-state index contributed by atoms with van der Waals surface area (Å²) in [6.45, 7) is 10.8. The summed E-state index contributed by atoms with van der Waals surface area (Å²) in [6.07, 6.45) is 0. The highest BCUT2D eigenvalue weighted by molar-refractivity contribution is 6.51. The first-order valence-corrected chi connectivity index (χ1v) is 12.9. The first-order chi connectivity index (χ1) is 18.4. The fourth-order valence-corrected chi connectivity index (χ4v) is 4.58. The number of benzene rings is 3. The molecule has 1 aliphatic rings. The third kappa shape index (κ3) is 5.62. The molecule has 7 heteroatoms. The van der Waals surface area contributed by atoms with Crippen LogP contribution in [-0.4, -0.2) is 35.6 Å². The number of carbonyl (C=O) groups is 2. The number of aromatic hydroxyl groups is 1. The van der Waals surface area contributed by atoms with Gasteiger partial charge >= 0.3 is 0 Å². The number of rotatable bonds is 7. The van der Waals surface area contributed by atoms with Crippen molar-refractivity contribution in [3.63, 3.8) is 0 Å². The molecule has 39 heavy (non-hydrogen) atoms. The van der Waals surface area contributed by atoms with Gasteiger partial charge in [0.05, 0.1) is 30.9 Å². The third-order valence-corrected chi connectivity index (χ3v) is 6.65. The van der Waals surface area contributed by atoms with Gasteiger partial charge in [0, 0.05) is 5.69 Å². The van der Waals surface area contributed by atoms with Crippen LogP contribution in [-0.2, 0) is 15.0 Å². The van der Waals surface area contributed by atoms with Crippen LogP contribution in [0.2, 0.25) is 0 Å². The van der Waals surface area contributed by atoms with Gasteiger partial charge in [-0.15, -0.1) is 0 Å². The van der Waals surface area contributed by atoms with Crippen LogP contribution < -0.4 is 14.4 Å². The Morgan fingerprint density at radius 3 is 2.28 bits per heavy atom. The minimum Gasteiger partial charge on any atom is -0.508 e. The van der Waals surface area contributed by atoms with Gasteiger partial charge in [-0.25, -0.2) is 0 Å². The molecule has 7 nitrogen and oxygen atoms in total. The third-order valence-electron chi connectivity index (χ3n) is 6.65. The van der Waals surface area contributed by atoms with E-state index in [1.165, 1.54) is 24.1 Å². The summed E-state index contributed by atoms with van der Waals surface area (Å²) in [7, 11) is 1.48. The molecule has 0 bridgehead atoms. The van der Waals surface area contributed by atoms with Crippen molar-refractivity contribution in [2.24, 2.45) is 5.92 Å². The first-order valence-electron chi connectivity index (χ1n) is 12.9. The van der Waals surface area contributed by atoms with Gasteiger partial charge < -0.3 is 19.7 Å². The quantitative estimate of drug-likeness (QED) is 0.210. The minimum atomic E-state index is -0.984. The SMILES string of the molecule is COc1ccc(C(C)(C)C)cc1/C(O)=C1\C(=O)C(=O)N(c2ccc(OCC(C)C)cc2)C1c1cccc(O)c1. The Morgan fingerprint density at radius 2 is 1.69 bits per heavy atom. The predicted octanol–water partition coefficient (Wildman–Crippen LogP) is 6.36. The number of amides is 1. The molecule has 0 saturated carbocycles. The van der Waals surface area contributed by atoms with Crippen molar-refractivity contribution in [3.05, 3.63) is 89.0 Å². The number of nitrogens with zero attached hydrogens (tertiary/aromatic N) is 1. The average molecular weight is 530 g/mol. The smallest absolute Gasteiger partial charge is 0.300 e. The zero-order chi connectivity index (χ0) is 28.5. The molecule has 0 aromatic heterocycles. The number of phenolic OH excluding ortho intramolecular Hbond substituents is 1. The second-order valence-corrected chi connectivity index (χ2v) is 11.1. The van der Waals surface area contributed by atoms with E-state index in [0.717, 1.165) is 5.56 Å². The minimum absolute atomic E-state index is 0.0252. The lowest BCUT2D eigenvalue weighted by molar-refractivity contribution is -0.132. The molecule has 3 aromatic rings. The van der Waals surface area contributed by atoms with Crippen molar-refractivity contribution < 1.29 is 29.3 Å². The summed E-state index contributed by atoms with van der Waals surface area (Å²) in [5.74, 6) is -0.625. The van der Waals surface area contributed by atoms with Crippen molar-refractivity contribution >= 4 is 23.1 Å². The Kier molecular flexibility index (Phi) is 7.72. The molecule has 1 amide bonds. The number of carbonyl (C=O) groups excluding carboxylic acids is 2. The summed E-state index contributed by atoms with van der Waals surface area (Å²) in [5, 5.41) is 21.9. The van der Waals surface area contributed by atoms with Crippen molar-refractivity contribution in [3.8, 4) is 17.2 Å². The molecule has 1 fully saturated rings. The number of ketones is 1. The van der Waals surface area contributed by atoms with Crippen LogP contribution in [0.5, 0.6) is 17.2 Å². The summed E-state index contributed by atoms with van der Waals surface area (Å²) < 4.78 is 11.3. The standard InChI is InChI=1S/C32H35NO6/c1-19(2)18-39-24-13-11-22(12-14-24)33-28(20-8-7-9-23(34)16-20)27(30(36)31(33)37)29(35)25-17-21(32(3,4)5)10-15-26(25)38-6/h7-17,19,28,34-35H,18H2,1-6H3/b29-27+. The molecule has 1 atom stereocenters. The number of aliphatic hydroxyl groups is 1. The van der Waals surface area contributed by atoms with Crippen molar-refractivity contribution in [1.82, 2.24) is 0 Å². The number of phenols is 1. The van der Waals surface area contributed by atoms with Gasteiger partial charge in [-0.05, 0) is 71.0 Å². The molecular formula is C32H35NO6. The monoisotopic (exact) mass is 529 g/mol. The van der Waals surface area contributed by atoms with Crippen molar-refractivity contribution in [2.75, 3.05) is 18.6 Å². The lowest BCUT2D eigenvalue weighted by Gasteiger charge is -2.26. The van der Waals surface area contributed by atoms with Crippen molar-refractivity contribution in [1.29, 1.82) is 0 Å². The van der Waals surface area contributed by atoms with Gasteiger partial charge in [0.2, 0.25) is 0 Å². The van der Waals surface area contributed by atoms with Crippen LogP contribution in [0.15, 0.2) is 72.3 Å². The maximum absolute atomic E-state index is 13.6. The number of Topliss-reactive ketones (excluding diaryl/α,β-unsaturated/α-hetero) is 1. The second-order valence-electron chi connectivity index (χ2n) is 11.1. The molecule has 1 saturated heterocycles. The van der Waals surface area contributed by atoms with Gasteiger partial charge in [0.1, 0.15) is 23.0 Å². The Bertz CT molecular complexity index is 1420. The zero-order valence-electron chi connectivity index (χ0n) is 23.2. The largest absolute Gasteiger partial charge is 0.508 e. The van der Waals surface area contributed by atoms with Gasteiger partial charge in [-0.2, -0.15) is 0 Å². The molecule has 3 aromatic carbocycles. The number of ether oxygens (including phenoxy) is 2. The number of anilines is 1. The topological polar surface area (TPSA) is 96.3 Å². The van der Waals surface area contributed by atoms with E-state index >= 15 is 0 Å². The lowest BCUT2D eigenvalue weighted by atomic mass is 9.85. The molecule has 2 N–H and O–H groups in total. The summed E-state index contributed by atoms with van der Waals surface area (Å²) in [4.78, 5) is 28.4. The van der Waals surface area contributed by atoms with Crippen molar-refractivity contribution in [2.45, 2.75) is 46.1 Å². The van der Waals surface area contributed by atoms with E-state index in [0.29, 0.717) is 40.8 Å². The number of aliphatic hydroxyl groups excluding tert-OH is 1. The van der Waals surface area contributed by atoms with Crippen LogP contribution in [0.4, 0.5) is 5.69 Å². The van der Waals surface area contributed by atoms with E-state index in [4.69, 9.17) is 9.47 Å². The normalized spacial score (nSPS) is 17.1. The molecule has 0 spiro atoms. The number of hydrogen-bond donors (Lipinski definition) is 2. The molecular weight excluding hydrogens is 494 g/mol. The second kappa shape index (κ2) is 10.8. The maximum Gasteiger partial charge on any atom is 0.300 e. The van der Waals surface area contributed by atoms with E-state index in [9.17, 15) is 19.8 Å². The molecule has 1 heterocycles. The van der Waals surface area contributed by atoms with Crippen LogP contribution in [0, 0.1) is 5.92 Å². The molecule has 1 aliphatic heterocycles. The van der Waals surface area contributed by atoms with Gasteiger partial charge in [-0.3, -0.25) is 14.5 Å². The Morgan fingerprint density at radius 1 is 1.00 bits per heavy atom. The van der Waals surface area contributed by atoms with Gasteiger partial charge in [0.25, 0.3) is 11.7 Å². The lowest BCUT2D eigenvalue weighted by Crippen LogP contribution is -2.29. The molecule has 4 rings (SSSR count). The fourth-order valence-electron chi connectivity index (χ4n) is 4.58. The predicted molar refractivity (Wildman–Crippen MR) is 151 cm³/mol. The van der Waals surface area contributed by atoms with Crippen LogP contribution in [0.25, 0.3) is 5.76 Å². The summed E-state index contributed by atoms with van der Waals surface area (Å²) >= 11 is 0. The average Bonchev–Trinajstić information content (AvgIpc) is 3.16. The Labute approximate surface area is 229 Å². The highest BCUT2D eigenvalue weighted by Crippen LogP contribution is 2.44. The van der Waals surface area contributed by atoms with Crippen LogP contribution in [0.1, 0.15) is 57.4 Å². The van der Waals surface area contributed by atoms with Gasteiger partial charge in [-0.1, -0.05) is 52.8 Å². The van der Waals surface area contributed by atoms with E-state index in [-0.39, 0.29) is 22.5 Å². The molecule has 1 unspecified atom stereocenters. The van der Waals surface area contributed by atoms with E-state index in [1.54, 1.807) is 48.5 Å². The van der Waals surface area contributed by atoms with E-state index in [2.05, 4.69) is 13.8 Å². The van der Waals surface area contributed by atoms with Crippen LogP contribution in [0.3, 0.4) is 0 Å². The Balaban J connectivity index is 1.90. The summed E-state index contributed by atoms with van der Waals surface area (Å²) in [6, 6.07) is 17.7. The molecule has 0 aliphatic carbocycles. The summed E-state index contributed by atoms with van der Waals surface area (Å²) in [5.41, 5.74) is 1.83. The highest BCUT2D eigenvalue weighted by Gasteiger charge is 2.47. The zero-order valence-corrected chi connectivity index (χ0v) is 23.2. The molecule has 204 valence electrons. The maximum atomic E-state index is 13.6. The molecule has 0 radical (unpaired) electrons. The Hall–Kier alpha value is -4.26. The highest BCUT2D eigenvalue weighted by atomic mass is 16.5. The fraction of sp³-hybridized carbons (Fsp3) is 0.312. The van der Waals surface area contributed by atoms with Crippen LogP contribution >= 0.6 is 0 Å².